The highest BCUT2D eigenvalue weighted by Gasteiger charge is 2.45. The Morgan fingerprint density at radius 2 is 1.92 bits per heavy atom. The van der Waals surface area contributed by atoms with Crippen LogP contribution in [0.1, 0.15) is 52.5 Å². The summed E-state index contributed by atoms with van der Waals surface area (Å²) in [5.74, 6) is -2.57. The van der Waals surface area contributed by atoms with Crippen molar-refractivity contribution in [3.8, 4) is 0 Å². The predicted octanol–water partition coefficient (Wildman–Crippen LogP) is 2.80. The molecule has 1 aromatic carbocycles. The van der Waals surface area contributed by atoms with Gasteiger partial charge in [-0.15, -0.1) is 11.3 Å². The number of fused-ring (bicyclic) bond motifs is 2. The molecule has 1 atom stereocenters. The van der Waals surface area contributed by atoms with E-state index >= 15 is 0 Å². The predicted molar refractivity (Wildman–Crippen MR) is 131 cm³/mol. The number of piperidine rings is 1. The summed E-state index contributed by atoms with van der Waals surface area (Å²) in [6.07, 6.45) is 0.0522. The number of nitrogens with one attached hydrogen (secondary N) is 3. The first-order valence-electron chi connectivity index (χ1n) is 10.9. The molecular weight excluding hydrogens is 508 g/mol. The van der Waals surface area contributed by atoms with Gasteiger partial charge in [-0.25, -0.2) is 14.8 Å². The molecule has 3 N–H and O–H groups in total. The van der Waals surface area contributed by atoms with E-state index in [0.717, 1.165) is 9.60 Å². The lowest BCUT2D eigenvalue weighted by molar-refractivity contribution is -0.136. The van der Waals surface area contributed by atoms with Gasteiger partial charge in [-0.2, -0.15) is 0 Å². The Labute approximate surface area is 213 Å². The molecule has 13 heteroatoms. The highest BCUT2D eigenvalue weighted by atomic mass is 35.5. The quantitative estimate of drug-likeness (QED) is 0.442. The van der Waals surface area contributed by atoms with E-state index in [2.05, 4.69) is 25.9 Å². The molecule has 1 unspecified atom stereocenters. The van der Waals surface area contributed by atoms with Crippen molar-refractivity contribution in [2.24, 2.45) is 0 Å². The number of amides is 6. The molecule has 4 heterocycles. The van der Waals surface area contributed by atoms with Gasteiger partial charge in [0.1, 0.15) is 28.1 Å². The number of carbonyl (C=O) groups excluding carboxylic acids is 5. The Morgan fingerprint density at radius 3 is 2.64 bits per heavy atom. The number of urea groups is 1. The number of benzene rings is 1. The van der Waals surface area contributed by atoms with Gasteiger partial charge >= 0.3 is 6.03 Å². The summed E-state index contributed by atoms with van der Waals surface area (Å²) in [7, 11) is 0. The number of thiazole rings is 1. The average molecular weight is 527 g/mol. The Hall–Kier alpha value is -3.90. The van der Waals surface area contributed by atoms with Crippen LogP contribution in [-0.2, 0) is 15.1 Å². The van der Waals surface area contributed by atoms with E-state index in [1.807, 2.05) is 12.1 Å². The number of imide groups is 2. The largest absolute Gasteiger partial charge is 0.326 e. The van der Waals surface area contributed by atoms with Crippen molar-refractivity contribution in [3.05, 3.63) is 51.6 Å². The van der Waals surface area contributed by atoms with Crippen LogP contribution in [0.5, 0.6) is 0 Å². The Balaban J connectivity index is 1.32. The van der Waals surface area contributed by atoms with Crippen molar-refractivity contribution in [1.29, 1.82) is 0 Å². The molecule has 2 aliphatic heterocycles. The Kier molecular flexibility index (Phi) is 5.72. The second-order valence-electron chi connectivity index (χ2n) is 8.85. The van der Waals surface area contributed by atoms with E-state index in [0.29, 0.717) is 15.5 Å². The van der Waals surface area contributed by atoms with Crippen molar-refractivity contribution >= 4 is 68.6 Å². The van der Waals surface area contributed by atoms with Gasteiger partial charge in [-0.1, -0.05) is 17.7 Å². The first-order valence-corrected chi connectivity index (χ1v) is 12.1. The van der Waals surface area contributed by atoms with Crippen LogP contribution in [0.15, 0.2) is 30.3 Å². The molecule has 0 spiro atoms. The molecule has 1 saturated heterocycles. The molecule has 0 saturated carbocycles. The van der Waals surface area contributed by atoms with Gasteiger partial charge in [0.25, 0.3) is 11.8 Å². The second kappa shape index (κ2) is 8.64. The third-order valence-electron chi connectivity index (χ3n) is 5.86. The van der Waals surface area contributed by atoms with Crippen molar-refractivity contribution < 1.29 is 24.0 Å². The number of para-hydroxylation sites is 1. The van der Waals surface area contributed by atoms with E-state index in [1.165, 1.54) is 23.5 Å². The Bertz CT molecular complexity index is 1480. The maximum Gasteiger partial charge on any atom is 0.321 e. The Morgan fingerprint density at radius 1 is 1.14 bits per heavy atom. The molecule has 0 bridgehead atoms. The summed E-state index contributed by atoms with van der Waals surface area (Å²) in [6.45, 7) is 3.57. The molecule has 0 aliphatic carbocycles. The van der Waals surface area contributed by atoms with Gasteiger partial charge in [-0.05, 0) is 44.5 Å². The van der Waals surface area contributed by atoms with Crippen LogP contribution >= 0.6 is 22.9 Å². The fraction of sp³-hybridized carbons (Fsp3) is 0.261. The van der Waals surface area contributed by atoms with Crippen LogP contribution < -0.4 is 16.0 Å². The van der Waals surface area contributed by atoms with Gasteiger partial charge in [-0.3, -0.25) is 34.7 Å². The third-order valence-corrected chi connectivity index (χ3v) is 7.51. The second-order valence-corrected chi connectivity index (χ2v) is 10.3. The van der Waals surface area contributed by atoms with Gasteiger partial charge in [0, 0.05) is 6.42 Å². The molecule has 1 fully saturated rings. The van der Waals surface area contributed by atoms with Crippen LogP contribution in [0.3, 0.4) is 0 Å². The number of carbonyl (C=O) groups is 5. The van der Waals surface area contributed by atoms with Crippen molar-refractivity contribution in [2.75, 3.05) is 5.32 Å². The van der Waals surface area contributed by atoms with Gasteiger partial charge in [0.05, 0.1) is 20.8 Å². The SMILES string of the molecule is CC(C)(NC(=O)Nc1ccc2c(n1)C(=O)N(C1CCC(=O)NC1=O)C2=O)c1nc2c(Cl)cccc2s1. The number of anilines is 1. The zero-order valence-electron chi connectivity index (χ0n) is 19.0. The lowest BCUT2D eigenvalue weighted by Gasteiger charge is -2.27. The molecule has 36 heavy (non-hydrogen) atoms. The topological polar surface area (TPSA) is 150 Å². The van der Waals surface area contributed by atoms with Crippen LogP contribution in [0.4, 0.5) is 10.6 Å². The highest BCUT2D eigenvalue weighted by Crippen LogP contribution is 2.33. The van der Waals surface area contributed by atoms with Crippen LogP contribution in [0, 0.1) is 0 Å². The molecule has 2 aromatic heterocycles. The van der Waals surface area contributed by atoms with Crippen molar-refractivity contribution in [3.63, 3.8) is 0 Å². The van der Waals surface area contributed by atoms with E-state index in [4.69, 9.17) is 11.6 Å². The summed E-state index contributed by atoms with van der Waals surface area (Å²) < 4.78 is 0.886. The molecule has 5 rings (SSSR count). The summed E-state index contributed by atoms with van der Waals surface area (Å²) in [6, 6.07) is 6.52. The lowest BCUT2D eigenvalue weighted by atomic mass is 10.0. The number of pyridine rings is 1. The first-order chi connectivity index (χ1) is 17.0. The molecule has 2 aliphatic rings. The van der Waals surface area contributed by atoms with Crippen molar-refractivity contribution in [1.82, 2.24) is 25.5 Å². The fourth-order valence-corrected chi connectivity index (χ4v) is 5.40. The summed E-state index contributed by atoms with van der Waals surface area (Å²) in [5, 5.41) is 8.69. The van der Waals surface area contributed by atoms with E-state index in [-0.39, 0.29) is 29.9 Å². The number of hydrogen-bond donors (Lipinski definition) is 3. The first kappa shape index (κ1) is 23.8. The van der Waals surface area contributed by atoms with Crippen LogP contribution in [0.2, 0.25) is 5.02 Å². The smallest absolute Gasteiger partial charge is 0.321 e. The standard InChI is InChI=1S/C23H19ClN6O5S/c1-23(2,21-28-17-11(24)4-3-5-13(17)36-21)29-22(35)26-14-8-6-10-16(25-14)20(34)30(19(10)33)12-7-9-15(31)27-18(12)32/h3-6,8,12H,7,9H2,1-2H3,(H,27,31,32)(H2,25,26,29,35). The zero-order chi connectivity index (χ0) is 25.8. The van der Waals surface area contributed by atoms with Crippen LogP contribution in [0.25, 0.3) is 10.2 Å². The summed E-state index contributed by atoms with van der Waals surface area (Å²) >= 11 is 7.62. The minimum atomic E-state index is -1.10. The van der Waals surface area contributed by atoms with Crippen LogP contribution in [-0.4, -0.2) is 50.6 Å². The zero-order valence-corrected chi connectivity index (χ0v) is 20.6. The highest BCUT2D eigenvalue weighted by molar-refractivity contribution is 7.18. The monoisotopic (exact) mass is 526 g/mol. The summed E-state index contributed by atoms with van der Waals surface area (Å²) in [5.41, 5.74) is -0.370. The van der Waals surface area contributed by atoms with Gasteiger partial charge in [0.15, 0.2) is 0 Å². The molecule has 6 amide bonds. The number of nitrogens with zero attached hydrogens (tertiary/aromatic N) is 3. The number of aromatic nitrogens is 2. The van der Waals surface area contributed by atoms with E-state index < -0.39 is 41.2 Å². The summed E-state index contributed by atoms with van der Waals surface area (Å²) in [4.78, 5) is 71.6. The molecule has 3 aromatic rings. The van der Waals surface area contributed by atoms with E-state index in [1.54, 1.807) is 19.9 Å². The lowest BCUT2D eigenvalue weighted by Crippen LogP contribution is -2.54. The minimum Gasteiger partial charge on any atom is -0.326 e. The maximum absolute atomic E-state index is 12.9. The number of hydrogen-bond acceptors (Lipinski definition) is 8. The minimum absolute atomic E-state index is 0.0147. The molecule has 184 valence electrons. The molecule has 0 radical (unpaired) electrons. The number of rotatable bonds is 4. The molecular formula is C23H19ClN6O5S. The maximum atomic E-state index is 12.9. The third kappa shape index (κ3) is 4.07. The van der Waals surface area contributed by atoms with Gasteiger partial charge in [0.2, 0.25) is 11.8 Å². The normalized spacial score (nSPS) is 17.9. The van der Waals surface area contributed by atoms with E-state index in [9.17, 15) is 24.0 Å². The average Bonchev–Trinajstić information content (AvgIpc) is 3.35. The number of halogens is 1. The molecule has 11 nitrogen and oxygen atoms in total. The van der Waals surface area contributed by atoms with Crippen molar-refractivity contribution in [2.45, 2.75) is 38.3 Å². The fourth-order valence-electron chi connectivity index (χ4n) is 4.08. The van der Waals surface area contributed by atoms with Gasteiger partial charge < -0.3 is 5.32 Å².